The fourth-order valence-electron chi connectivity index (χ4n) is 1.88. The normalized spacial score (nSPS) is 10.1. The lowest BCUT2D eigenvalue weighted by Crippen LogP contribution is -2.21. The van der Waals surface area contributed by atoms with Gasteiger partial charge in [-0.3, -0.25) is 4.79 Å². The standard InChI is InChI=1S/C17H17NO4/c1-11-4-3-5-15(12(11)2)18-16(20)10-22-17(21)13-6-8-14(19)9-7-13/h3-9,19H,10H2,1-2H3,(H,18,20). The number of aromatic hydroxyl groups is 1. The van der Waals surface area contributed by atoms with Crippen molar-refractivity contribution in [1.29, 1.82) is 0 Å². The predicted molar refractivity (Wildman–Crippen MR) is 82.9 cm³/mol. The number of hydrogen-bond donors (Lipinski definition) is 2. The monoisotopic (exact) mass is 299 g/mol. The van der Waals surface area contributed by atoms with Crippen LogP contribution in [0.4, 0.5) is 5.69 Å². The van der Waals surface area contributed by atoms with Crippen molar-refractivity contribution in [2.45, 2.75) is 13.8 Å². The number of phenols is 1. The first-order valence-electron chi connectivity index (χ1n) is 6.79. The van der Waals surface area contributed by atoms with E-state index in [9.17, 15) is 9.59 Å². The fourth-order valence-corrected chi connectivity index (χ4v) is 1.88. The zero-order valence-corrected chi connectivity index (χ0v) is 12.4. The van der Waals surface area contributed by atoms with Gasteiger partial charge in [0.2, 0.25) is 0 Å². The van der Waals surface area contributed by atoms with Gasteiger partial charge in [0, 0.05) is 5.69 Å². The molecule has 2 aromatic rings. The molecule has 0 saturated heterocycles. The van der Waals surface area contributed by atoms with Crippen molar-refractivity contribution in [2.24, 2.45) is 0 Å². The van der Waals surface area contributed by atoms with Gasteiger partial charge in [0.1, 0.15) is 5.75 Å². The first-order chi connectivity index (χ1) is 10.5. The van der Waals surface area contributed by atoms with E-state index in [0.29, 0.717) is 5.69 Å². The molecule has 0 aromatic heterocycles. The largest absolute Gasteiger partial charge is 0.508 e. The van der Waals surface area contributed by atoms with Crippen molar-refractivity contribution in [3.8, 4) is 5.75 Å². The number of carbonyl (C=O) groups excluding carboxylic acids is 2. The van der Waals surface area contributed by atoms with Crippen LogP contribution in [0.5, 0.6) is 5.75 Å². The molecule has 5 heteroatoms. The van der Waals surface area contributed by atoms with E-state index in [1.54, 1.807) is 6.07 Å². The van der Waals surface area contributed by atoms with E-state index in [-0.39, 0.29) is 17.9 Å². The summed E-state index contributed by atoms with van der Waals surface area (Å²) in [4.78, 5) is 23.6. The highest BCUT2D eigenvalue weighted by molar-refractivity contribution is 5.96. The summed E-state index contributed by atoms with van der Waals surface area (Å²) in [6, 6.07) is 11.2. The Morgan fingerprint density at radius 1 is 1.09 bits per heavy atom. The maximum absolute atomic E-state index is 11.8. The molecule has 0 radical (unpaired) electrons. The van der Waals surface area contributed by atoms with E-state index in [1.165, 1.54) is 24.3 Å². The SMILES string of the molecule is Cc1cccc(NC(=O)COC(=O)c2ccc(O)cc2)c1C. The molecule has 0 heterocycles. The highest BCUT2D eigenvalue weighted by Crippen LogP contribution is 2.17. The molecule has 0 bridgehead atoms. The minimum Gasteiger partial charge on any atom is -0.508 e. The van der Waals surface area contributed by atoms with Crippen LogP contribution in [0, 0.1) is 13.8 Å². The average molecular weight is 299 g/mol. The molecule has 0 spiro atoms. The molecule has 2 N–H and O–H groups in total. The Bertz CT molecular complexity index is 692. The van der Waals surface area contributed by atoms with Crippen LogP contribution in [0.25, 0.3) is 0 Å². The molecule has 0 aliphatic rings. The van der Waals surface area contributed by atoms with Crippen LogP contribution in [0.15, 0.2) is 42.5 Å². The number of anilines is 1. The number of hydrogen-bond acceptors (Lipinski definition) is 4. The van der Waals surface area contributed by atoms with Gasteiger partial charge in [-0.1, -0.05) is 12.1 Å². The molecular weight excluding hydrogens is 282 g/mol. The lowest BCUT2D eigenvalue weighted by atomic mass is 10.1. The topological polar surface area (TPSA) is 75.6 Å². The second kappa shape index (κ2) is 6.76. The third kappa shape index (κ3) is 3.85. The van der Waals surface area contributed by atoms with Crippen LogP contribution in [-0.2, 0) is 9.53 Å². The summed E-state index contributed by atoms with van der Waals surface area (Å²) in [6.07, 6.45) is 0. The Balaban J connectivity index is 1.91. The molecule has 2 rings (SSSR count). The van der Waals surface area contributed by atoms with Crippen LogP contribution >= 0.6 is 0 Å². The number of carbonyl (C=O) groups is 2. The Hall–Kier alpha value is -2.82. The molecule has 2 aromatic carbocycles. The first kappa shape index (κ1) is 15.6. The zero-order chi connectivity index (χ0) is 16.1. The molecule has 1 amide bonds. The van der Waals surface area contributed by atoms with Gasteiger partial charge in [0.25, 0.3) is 5.91 Å². The van der Waals surface area contributed by atoms with Crippen molar-refractivity contribution in [2.75, 3.05) is 11.9 Å². The third-order valence-corrected chi connectivity index (χ3v) is 3.32. The number of esters is 1. The quantitative estimate of drug-likeness (QED) is 0.851. The number of rotatable bonds is 4. The van der Waals surface area contributed by atoms with E-state index in [0.717, 1.165) is 11.1 Å². The van der Waals surface area contributed by atoms with Gasteiger partial charge in [0.05, 0.1) is 5.56 Å². The maximum Gasteiger partial charge on any atom is 0.338 e. The lowest BCUT2D eigenvalue weighted by Gasteiger charge is -2.10. The molecule has 114 valence electrons. The Labute approximate surface area is 128 Å². The van der Waals surface area contributed by atoms with Crippen molar-refractivity contribution >= 4 is 17.6 Å². The van der Waals surface area contributed by atoms with E-state index >= 15 is 0 Å². The Morgan fingerprint density at radius 2 is 1.77 bits per heavy atom. The Kier molecular flexibility index (Phi) is 4.78. The summed E-state index contributed by atoms with van der Waals surface area (Å²) in [5.74, 6) is -0.957. The molecule has 0 atom stereocenters. The van der Waals surface area contributed by atoms with E-state index < -0.39 is 11.9 Å². The average Bonchev–Trinajstić information content (AvgIpc) is 2.50. The number of nitrogens with one attached hydrogen (secondary N) is 1. The molecule has 0 aliphatic carbocycles. The number of amides is 1. The maximum atomic E-state index is 11.8. The van der Waals surface area contributed by atoms with Crippen molar-refractivity contribution in [3.63, 3.8) is 0 Å². The van der Waals surface area contributed by atoms with Gasteiger partial charge < -0.3 is 15.2 Å². The van der Waals surface area contributed by atoms with Crippen LogP contribution in [0.2, 0.25) is 0 Å². The smallest absolute Gasteiger partial charge is 0.338 e. The molecule has 5 nitrogen and oxygen atoms in total. The van der Waals surface area contributed by atoms with Gasteiger partial charge in [-0.05, 0) is 55.3 Å². The summed E-state index contributed by atoms with van der Waals surface area (Å²) in [5.41, 5.74) is 3.02. The van der Waals surface area contributed by atoms with E-state index in [2.05, 4.69) is 5.32 Å². The number of ether oxygens (including phenoxy) is 1. The van der Waals surface area contributed by atoms with Gasteiger partial charge in [-0.2, -0.15) is 0 Å². The first-order valence-corrected chi connectivity index (χ1v) is 6.79. The lowest BCUT2D eigenvalue weighted by molar-refractivity contribution is -0.119. The molecule has 0 aliphatic heterocycles. The van der Waals surface area contributed by atoms with Crippen LogP contribution in [-0.4, -0.2) is 23.6 Å². The number of phenolic OH excluding ortho intramolecular Hbond substituents is 1. The third-order valence-electron chi connectivity index (χ3n) is 3.32. The van der Waals surface area contributed by atoms with Gasteiger partial charge in [0.15, 0.2) is 6.61 Å². The molecular formula is C17H17NO4. The summed E-state index contributed by atoms with van der Waals surface area (Å²) in [6.45, 7) is 3.50. The predicted octanol–water partition coefficient (Wildman–Crippen LogP) is 2.80. The minimum absolute atomic E-state index is 0.0595. The van der Waals surface area contributed by atoms with Crippen LogP contribution < -0.4 is 5.32 Å². The second-order valence-corrected chi connectivity index (χ2v) is 4.92. The number of aryl methyl sites for hydroxylation is 1. The van der Waals surface area contributed by atoms with E-state index in [4.69, 9.17) is 9.84 Å². The van der Waals surface area contributed by atoms with E-state index in [1.807, 2.05) is 26.0 Å². The summed E-state index contributed by atoms with van der Waals surface area (Å²) in [5, 5.41) is 11.9. The molecule has 0 saturated carbocycles. The number of benzene rings is 2. The van der Waals surface area contributed by atoms with Crippen molar-refractivity contribution < 1.29 is 19.4 Å². The summed E-state index contributed by atoms with van der Waals surface area (Å²) in [7, 11) is 0. The molecule has 0 unspecified atom stereocenters. The summed E-state index contributed by atoms with van der Waals surface area (Å²) >= 11 is 0. The minimum atomic E-state index is -0.615. The van der Waals surface area contributed by atoms with Gasteiger partial charge >= 0.3 is 5.97 Å². The molecule has 0 fully saturated rings. The van der Waals surface area contributed by atoms with Crippen LogP contribution in [0.3, 0.4) is 0 Å². The van der Waals surface area contributed by atoms with Gasteiger partial charge in [-0.15, -0.1) is 0 Å². The van der Waals surface area contributed by atoms with Crippen molar-refractivity contribution in [1.82, 2.24) is 0 Å². The highest BCUT2D eigenvalue weighted by Gasteiger charge is 2.11. The van der Waals surface area contributed by atoms with Crippen LogP contribution in [0.1, 0.15) is 21.5 Å². The highest BCUT2D eigenvalue weighted by atomic mass is 16.5. The summed E-state index contributed by atoms with van der Waals surface area (Å²) < 4.78 is 4.94. The molecule has 22 heavy (non-hydrogen) atoms. The fraction of sp³-hybridized carbons (Fsp3) is 0.176. The second-order valence-electron chi connectivity index (χ2n) is 4.92. The zero-order valence-electron chi connectivity index (χ0n) is 12.4. The van der Waals surface area contributed by atoms with Crippen molar-refractivity contribution in [3.05, 3.63) is 59.2 Å². The van der Waals surface area contributed by atoms with Gasteiger partial charge in [-0.25, -0.2) is 4.79 Å². The Morgan fingerprint density at radius 3 is 2.45 bits per heavy atom.